The van der Waals surface area contributed by atoms with Gasteiger partial charge in [0.2, 0.25) is 0 Å². The van der Waals surface area contributed by atoms with Crippen LogP contribution in [-0.4, -0.2) is 18.5 Å². The minimum Gasteiger partial charge on any atom is -0.348 e. The molecular formula is C13H18F2N2O. The van der Waals surface area contributed by atoms with E-state index in [1.807, 2.05) is 13.8 Å². The van der Waals surface area contributed by atoms with Crippen molar-refractivity contribution in [2.75, 3.05) is 6.54 Å². The molecule has 1 aromatic rings. The zero-order chi connectivity index (χ0) is 13.7. The van der Waals surface area contributed by atoms with Crippen molar-refractivity contribution < 1.29 is 13.6 Å². The molecule has 1 atom stereocenters. The Bertz CT molecular complexity index is 421. The average molecular weight is 256 g/mol. The van der Waals surface area contributed by atoms with Gasteiger partial charge in [-0.05, 0) is 30.5 Å². The fourth-order valence-electron chi connectivity index (χ4n) is 1.72. The van der Waals surface area contributed by atoms with Crippen LogP contribution in [0.1, 0.15) is 30.6 Å². The summed E-state index contributed by atoms with van der Waals surface area (Å²) in [5, 5.41) is 2.61. The van der Waals surface area contributed by atoms with E-state index in [-0.39, 0.29) is 18.2 Å². The third-order valence-electron chi connectivity index (χ3n) is 2.55. The van der Waals surface area contributed by atoms with Gasteiger partial charge in [0.05, 0.1) is 5.56 Å². The number of hydrogen-bond donors (Lipinski definition) is 2. The average Bonchev–Trinajstić information content (AvgIpc) is 2.30. The Morgan fingerprint density at radius 1 is 1.39 bits per heavy atom. The van der Waals surface area contributed by atoms with Gasteiger partial charge in [-0.1, -0.05) is 13.8 Å². The smallest absolute Gasteiger partial charge is 0.254 e. The molecule has 18 heavy (non-hydrogen) atoms. The largest absolute Gasteiger partial charge is 0.348 e. The molecular weight excluding hydrogens is 238 g/mol. The van der Waals surface area contributed by atoms with Crippen LogP contribution in [0, 0.1) is 17.6 Å². The Kier molecular flexibility index (Phi) is 5.22. The van der Waals surface area contributed by atoms with E-state index in [4.69, 9.17) is 5.73 Å². The second kappa shape index (κ2) is 6.44. The number of carbonyl (C=O) groups excluding carboxylic acids is 1. The van der Waals surface area contributed by atoms with Crippen LogP contribution in [0.4, 0.5) is 8.78 Å². The summed E-state index contributed by atoms with van der Waals surface area (Å²) in [6.45, 7) is 4.26. The van der Waals surface area contributed by atoms with E-state index < -0.39 is 17.5 Å². The molecule has 0 saturated carbocycles. The van der Waals surface area contributed by atoms with Crippen LogP contribution < -0.4 is 11.1 Å². The molecule has 0 aliphatic heterocycles. The Labute approximate surface area is 105 Å². The molecule has 1 unspecified atom stereocenters. The highest BCUT2D eigenvalue weighted by Crippen LogP contribution is 2.11. The maximum atomic E-state index is 13.4. The normalized spacial score (nSPS) is 12.6. The quantitative estimate of drug-likeness (QED) is 0.847. The second-order valence-electron chi connectivity index (χ2n) is 4.66. The highest BCUT2D eigenvalue weighted by molar-refractivity contribution is 5.94. The molecule has 0 spiro atoms. The molecule has 3 nitrogen and oxygen atoms in total. The van der Waals surface area contributed by atoms with Gasteiger partial charge < -0.3 is 11.1 Å². The SMILES string of the molecule is CC(C)CC(CN)NC(=O)c1cc(F)ccc1F. The van der Waals surface area contributed by atoms with Crippen LogP contribution in [0.25, 0.3) is 0 Å². The number of benzene rings is 1. The summed E-state index contributed by atoms with van der Waals surface area (Å²) < 4.78 is 26.3. The molecule has 1 aromatic carbocycles. The zero-order valence-corrected chi connectivity index (χ0v) is 10.5. The van der Waals surface area contributed by atoms with Gasteiger partial charge in [-0.2, -0.15) is 0 Å². The number of halogens is 2. The lowest BCUT2D eigenvalue weighted by Crippen LogP contribution is -2.41. The van der Waals surface area contributed by atoms with E-state index in [0.717, 1.165) is 18.2 Å². The Morgan fingerprint density at radius 2 is 2.06 bits per heavy atom. The maximum absolute atomic E-state index is 13.4. The predicted molar refractivity (Wildman–Crippen MR) is 66.1 cm³/mol. The van der Waals surface area contributed by atoms with Gasteiger partial charge in [0.25, 0.3) is 5.91 Å². The van der Waals surface area contributed by atoms with Crippen LogP contribution in [0.2, 0.25) is 0 Å². The summed E-state index contributed by atoms with van der Waals surface area (Å²) in [6, 6.07) is 2.55. The first kappa shape index (κ1) is 14.6. The molecule has 0 aliphatic carbocycles. The summed E-state index contributed by atoms with van der Waals surface area (Å²) in [5.41, 5.74) is 5.24. The summed E-state index contributed by atoms with van der Waals surface area (Å²) in [7, 11) is 0. The maximum Gasteiger partial charge on any atom is 0.254 e. The first-order valence-corrected chi connectivity index (χ1v) is 5.90. The molecule has 0 aromatic heterocycles. The van der Waals surface area contributed by atoms with Gasteiger partial charge in [0.15, 0.2) is 0 Å². The summed E-state index contributed by atoms with van der Waals surface area (Å²) in [5.74, 6) is -1.66. The zero-order valence-electron chi connectivity index (χ0n) is 10.5. The number of rotatable bonds is 5. The van der Waals surface area contributed by atoms with E-state index in [9.17, 15) is 13.6 Å². The van der Waals surface area contributed by atoms with E-state index >= 15 is 0 Å². The molecule has 3 N–H and O–H groups in total. The lowest BCUT2D eigenvalue weighted by atomic mass is 10.0. The van der Waals surface area contributed by atoms with Crippen molar-refractivity contribution in [1.82, 2.24) is 5.32 Å². The van der Waals surface area contributed by atoms with Crippen molar-refractivity contribution in [3.8, 4) is 0 Å². The van der Waals surface area contributed by atoms with Crippen molar-refractivity contribution >= 4 is 5.91 Å². The Morgan fingerprint density at radius 3 is 2.61 bits per heavy atom. The molecule has 0 radical (unpaired) electrons. The predicted octanol–water partition coefficient (Wildman–Crippen LogP) is 2.07. The first-order chi connectivity index (χ1) is 8.43. The van der Waals surface area contributed by atoms with Crippen molar-refractivity contribution in [2.45, 2.75) is 26.3 Å². The lowest BCUT2D eigenvalue weighted by Gasteiger charge is -2.19. The van der Waals surface area contributed by atoms with Gasteiger partial charge in [-0.15, -0.1) is 0 Å². The number of hydrogen-bond acceptors (Lipinski definition) is 2. The molecule has 0 bridgehead atoms. The Hall–Kier alpha value is -1.49. The topological polar surface area (TPSA) is 55.1 Å². The monoisotopic (exact) mass is 256 g/mol. The highest BCUT2D eigenvalue weighted by Gasteiger charge is 2.17. The molecule has 0 aliphatic rings. The molecule has 100 valence electrons. The van der Waals surface area contributed by atoms with Crippen LogP contribution in [0.15, 0.2) is 18.2 Å². The first-order valence-electron chi connectivity index (χ1n) is 5.90. The fraction of sp³-hybridized carbons (Fsp3) is 0.462. The van der Waals surface area contributed by atoms with Gasteiger partial charge >= 0.3 is 0 Å². The van der Waals surface area contributed by atoms with Crippen molar-refractivity contribution in [1.29, 1.82) is 0 Å². The minimum atomic E-state index is -0.741. The number of amides is 1. The van der Waals surface area contributed by atoms with E-state index in [0.29, 0.717) is 12.3 Å². The van der Waals surface area contributed by atoms with Gasteiger partial charge in [-0.25, -0.2) is 8.78 Å². The lowest BCUT2D eigenvalue weighted by molar-refractivity contribution is 0.0929. The second-order valence-corrected chi connectivity index (χ2v) is 4.66. The standard InChI is InChI=1S/C13H18F2N2O/c1-8(2)5-10(7-16)17-13(18)11-6-9(14)3-4-12(11)15/h3-4,6,8,10H,5,7,16H2,1-2H3,(H,17,18). The van der Waals surface area contributed by atoms with E-state index in [1.165, 1.54) is 0 Å². The van der Waals surface area contributed by atoms with E-state index in [1.54, 1.807) is 0 Å². The summed E-state index contributed by atoms with van der Waals surface area (Å²) in [4.78, 5) is 11.8. The summed E-state index contributed by atoms with van der Waals surface area (Å²) in [6.07, 6.45) is 0.694. The molecule has 0 fully saturated rings. The summed E-state index contributed by atoms with van der Waals surface area (Å²) >= 11 is 0. The minimum absolute atomic E-state index is 0.236. The van der Waals surface area contributed by atoms with Crippen molar-refractivity contribution in [3.63, 3.8) is 0 Å². The third-order valence-corrected chi connectivity index (χ3v) is 2.55. The van der Waals surface area contributed by atoms with Crippen molar-refractivity contribution in [3.05, 3.63) is 35.4 Å². The van der Waals surface area contributed by atoms with Gasteiger partial charge in [-0.3, -0.25) is 4.79 Å². The molecule has 1 amide bonds. The van der Waals surface area contributed by atoms with Crippen LogP contribution in [0.5, 0.6) is 0 Å². The van der Waals surface area contributed by atoms with Crippen LogP contribution in [0.3, 0.4) is 0 Å². The number of nitrogens with two attached hydrogens (primary N) is 1. The molecule has 5 heteroatoms. The molecule has 0 heterocycles. The van der Waals surface area contributed by atoms with Gasteiger partial charge in [0, 0.05) is 12.6 Å². The van der Waals surface area contributed by atoms with Crippen molar-refractivity contribution in [2.24, 2.45) is 11.7 Å². The van der Waals surface area contributed by atoms with Crippen LogP contribution >= 0.6 is 0 Å². The third kappa shape index (κ3) is 4.07. The number of nitrogens with one attached hydrogen (secondary N) is 1. The molecule has 0 saturated heterocycles. The highest BCUT2D eigenvalue weighted by atomic mass is 19.1. The number of carbonyl (C=O) groups is 1. The Balaban J connectivity index is 2.77. The van der Waals surface area contributed by atoms with E-state index in [2.05, 4.69) is 5.32 Å². The van der Waals surface area contributed by atoms with Gasteiger partial charge in [0.1, 0.15) is 11.6 Å². The van der Waals surface area contributed by atoms with Crippen LogP contribution in [-0.2, 0) is 0 Å². The molecule has 1 rings (SSSR count). The fourth-order valence-corrected chi connectivity index (χ4v) is 1.72.